The molecule has 96 valence electrons. The summed E-state index contributed by atoms with van der Waals surface area (Å²) in [5, 5.41) is 7.84. The molecular weight excluding hydrogens is 226 g/mol. The van der Waals surface area contributed by atoms with Crippen molar-refractivity contribution in [3.05, 3.63) is 41.7 Å². The first-order valence-corrected chi connectivity index (χ1v) is 6.15. The lowest BCUT2D eigenvalue weighted by atomic mass is 10.2. The predicted molar refractivity (Wildman–Crippen MR) is 72.2 cm³/mol. The van der Waals surface area contributed by atoms with E-state index in [1.165, 1.54) is 5.56 Å². The fourth-order valence-corrected chi connectivity index (χ4v) is 1.80. The Hall–Kier alpha value is -1.81. The van der Waals surface area contributed by atoms with Gasteiger partial charge in [-0.1, -0.05) is 6.92 Å². The summed E-state index contributed by atoms with van der Waals surface area (Å²) < 4.78 is 7.05. The van der Waals surface area contributed by atoms with Crippen molar-refractivity contribution in [2.75, 3.05) is 13.7 Å². The zero-order chi connectivity index (χ0) is 13.0. The Kier molecular flexibility index (Phi) is 3.99. The third-order valence-corrected chi connectivity index (χ3v) is 2.90. The van der Waals surface area contributed by atoms with Crippen LogP contribution in [0, 0.1) is 6.92 Å². The van der Waals surface area contributed by atoms with Crippen LogP contribution < -0.4 is 10.1 Å². The molecule has 0 aliphatic rings. The number of aromatic nitrogens is 2. The van der Waals surface area contributed by atoms with E-state index in [0.717, 1.165) is 30.2 Å². The molecule has 0 aliphatic carbocycles. The number of nitrogens with one attached hydrogen (secondary N) is 1. The third kappa shape index (κ3) is 2.71. The van der Waals surface area contributed by atoms with Crippen molar-refractivity contribution < 1.29 is 4.74 Å². The van der Waals surface area contributed by atoms with Crippen molar-refractivity contribution >= 4 is 0 Å². The molecule has 2 rings (SSSR count). The van der Waals surface area contributed by atoms with E-state index >= 15 is 0 Å². The maximum absolute atomic E-state index is 5.15. The van der Waals surface area contributed by atoms with Gasteiger partial charge in [-0.3, -0.25) is 0 Å². The summed E-state index contributed by atoms with van der Waals surface area (Å²) in [6, 6.07) is 7.89. The number of aryl methyl sites for hydroxylation is 1. The Morgan fingerprint density at radius 2 is 2.00 bits per heavy atom. The van der Waals surface area contributed by atoms with E-state index < -0.39 is 0 Å². The summed E-state index contributed by atoms with van der Waals surface area (Å²) >= 11 is 0. The average molecular weight is 245 g/mol. The van der Waals surface area contributed by atoms with Gasteiger partial charge in [-0.15, -0.1) is 0 Å². The number of hydrogen-bond acceptors (Lipinski definition) is 3. The second kappa shape index (κ2) is 5.69. The molecule has 1 aromatic carbocycles. The Morgan fingerprint density at radius 1 is 1.28 bits per heavy atom. The lowest BCUT2D eigenvalue weighted by molar-refractivity contribution is 0.414. The molecule has 1 heterocycles. The van der Waals surface area contributed by atoms with Gasteiger partial charge in [0.05, 0.1) is 18.5 Å². The van der Waals surface area contributed by atoms with E-state index in [1.807, 2.05) is 35.9 Å². The minimum absolute atomic E-state index is 0.857. The quantitative estimate of drug-likeness (QED) is 0.878. The lowest BCUT2D eigenvalue weighted by Gasteiger charge is -2.03. The molecule has 0 radical (unpaired) electrons. The smallest absolute Gasteiger partial charge is 0.119 e. The van der Waals surface area contributed by atoms with Gasteiger partial charge >= 0.3 is 0 Å². The van der Waals surface area contributed by atoms with Crippen LogP contribution in [0.25, 0.3) is 5.69 Å². The maximum atomic E-state index is 5.15. The number of benzene rings is 1. The largest absolute Gasteiger partial charge is 0.497 e. The van der Waals surface area contributed by atoms with Gasteiger partial charge in [-0.25, -0.2) is 4.68 Å². The number of hydrogen-bond donors (Lipinski definition) is 1. The number of methoxy groups -OCH3 is 1. The highest BCUT2D eigenvalue weighted by Gasteiger charge is 2.05. The molecule has 0 saturated carbocycles. The van der Waals surface area contributed by atoms with Crippen molar-refractivity contribution in [2.45, 2.75) is 20.4 Å². The SMILES string of the molecule is CCNCc1cn(-c2ccc(OC)cc2)nc1C. The Balaban J connectivity index is 2.21. The molecule has 0 amide bonds. The van der Waals surface area contributed by atoms with Gasteiger partial charge in [0, 0.05) is 18.3 Å². The highest BCUT2D eigenvalue weighted by molar-refractivity contribution is 5.37. The van der Waals surface area contributed by atoms with Gasteiger partial charge in [0.25, 0.3) is 0 Å². The van der Waals surface area contributed by atoms with Crippen LogP contribution in [0.4, 0.5) is 0 Å². The standard InChI is InChI=1S/C14H19N3O/c1-4-15-9-12-10-17(16-11(12)2)13-5-7-14(18-3)8-6-13/h5-8,10,15H,4,9H2,1-3H3. The monoisotopic (exact) mass is 245 g/mol. The van der Waals surface area contributed by atoms with Crippen LogP contribution >= 0.6 is 0 Å². The topological polar surface area (TPSA) is 39.1 Å². The Bertz CT molecular complexity index is 502. The number of rotatable bonds is 5. The molecule has 1 aromatic heterocycles. The van der Waals surface area contributed by atoms with E-state index in [-0.39, 0.29) is 0 Å². The fourth-order valence-electron chi connectivity index (χ4n) is 1.80. The molecule has 1 N–H and O–H groups in total. The van der Waals surface area contributed by atoms with E-state index in [2.05, 4.69) is 23.5 Å². The molecule has 4 heteroatoms. The zero-order valence-corrected chi connectivity index (χ0v) is 11.1. The minimum Gasteiger partial charge on any atom is -0.497 e. The van der Waals surface area contributed by atoms with Crippen LogP contribution in [0.2, 0.25) is 0 Å². The van der Waals surface area contributed by atoms with Gasteiger partial charge in [-0.2, -0.15) is 5.10 Å². The second-order valence-corrected chi connectivity index (χ2v) is 4.16. The lowest BCUT2D eigenvalue weighted by Crippen LogP contribution is -2.11. The van der Waals surface area contributed by atoms with Gasteiger partial charge in [-0.05, 0) is 37.7 Å². The molecule has 0 unspecified atom stereocenters. The summed E-state index contributed by atoms with van der Waals surface area (Å²) in [4.78, 5) is 0. The molecule has 0 fully saturated rings. The molecule has 18 heavy (non-hydrogen) atoms. The molecule has 0 atom stereocenters. The van der Waals surface area contributed by atoms with Crippen LogP contribution in [-0.2, 0) is 6.54 Å². The predicted octanol–water partition coefficient (Wildman–Crippen LogP) is 2.30. The molecule has 0 aliphatic heterocycles. The van der Waals surface area contributed by atoms with Crippen LogP contribution in [0.3, 0.4) is 0 Å². The molecule has 0 bridgehead atoms. The number of ether oxygens (including phenoxy) is 1. The van der Waals surface area contributed by atoms with E-state index in [0.29, 0.717) is 0 Å². The first kappa shape index (κ1) is 12.6. The third-order valence-electron chi connectivity index (χ3n) is 2.90. The fraction of sp³-hybridized carbons (Fsp3) is 0.357. The van der Waals surface area contributed by atoms with Crippen molar-refractivity contribution in [3.8, 4) is 11.4 Å². The summed E-state index contributed by atoms with van der Waals surface area (Å²) in [5.41, 5.74) is 3.33. The summed E-state index contributed by atoms with van der Waals surface area (Å²) in [7, 11) is 1.67. The van der Waals surface area contributed by atoms with Crippen molar-refractivity contribution in [1.29, 1.82) is 0 Å². The average Bonchev–Trinajstić information content (AvgIpc) is 2.78. The maximum Gasteiger partial charge on any atom is 0.119 e. The van der Waals surface area contributed by atoms with Gasteiger partial charge in [0.1, 0.15) is 5.75 Å². The first-order chi connectivity index (χ1) is 8.74. The van der Waals surface area contributed by atoms with E-state index in [4.69, 9.17) is 4.74 Å². The minimum atomic E-state index is 0.857. The summed E-state index contributed by atoms with van der Waals surface area (Å²) in [6.45, 7) is 5.96. The van der Waals surface area contributed by atoms with E-state index in [1.54, 1.807) is 7.11 Å². The number of nitrogens with zero attached hydrogens (tertiary/aromatic N) is 2. The van der Waals surface area contributed by atoms with Crippen molar-refractivity contribution in [1.82, 2.24) is 15.1 Å². The molecule has 4 nitrogen and oxygen atoms in total. The van der Waals surface area contributed by atoms with Crippen LogP contribution in [0.1, 0.15) is 18.2 Å². The highest BCUT2D eigenvalue weighted by atomic mass is 16.5. The Morgan fingerprint density at radius 3 is 2.61 bits per heavy atom. The van der Waals surface area contributed by atoms with Crippen LogP contribution in [0.5, 0.6) is 5.75 Å². The van der Waals surface area contributed by atoms with Gasteiger partial charge < -0.3 is 10.1 Å². The van der Waals surface area contributed by atoms with E-state index in [9.17, 15) is 0 Å². The summed E-state index contributed by atoms with van der Waals surface area (Å²) in [6.07, 6.45) is 2.07. The summed E-state index contributed by atoms with van der Waals surface area (Å²) in [5.74, 6) is 0.857. The first-order valence-electron chi connectivity index (χ1n) is 6.15. The van der Waals surface area contributed by atoms with Gasteiger partial charge in [0.15, 0.2) is 0 Å². The Labute approximate surface area is 108 Å². The normalized spacial score (nSPS) is 10.6. The highest BCUT2D eigenvalue weighted by Crippen LogP contribution is 2.16. The molecule has 2 aromatic rings. The van der Waals surface area contributed by atoms with Crippen molar-refractivity contribution in [2.24, 2.45) is 0 Å². The second-order valence-electron chi connectivity index (χ2n) is 4.16. The molecule has 0 spiro atoms. The van der Waals surface area contributed by atoms with Crippen molar-refractivity contribution in [3.63, 3.8) is 0 Å². The molecular formula is C14H19N3O. The van der Waals surface area contributed by atoms with Gasteiger partial charge in [0.2, 0.25) is 0 Å². The van der Waals surface area contributed by atoms with Crippen LogP contribution in [-0.4, -0.2) is 23.4 Å². The zero-order valence-electron chi connectivity index (χ0n) is 11.1. The van der Waals surface area contributed by atoms with Crippen LogP contribution in [0.15, 0.2) is 30.5 Å². The molecule has 0 saturated heterocycles.